The van der Waals surface area contributed by atoms with E-state index >= 15 is 0 Å². The van der Waals surface area contributed by atoms with Crippen LogP contribution in [0, 0.1) is 0 Å². The van der Waals surface area contributed by atoms with E-state index in [2.05, 4.69) is 27.6 Å². The monoisotopic (exact) mass is 566 g/mol. The molecule has 1 saturated heterocycles. The largest absolute Gasteiger partial charge is 0.448 e. The summed E-state index contributed by atoms with van der Waals surface area (Å²) >= 11 is 3.76. The van der Waals surface area contributed by atoms with Crippen LogP contribution in [0.15, 0.2) is 99.9 Å². The van der Waals surface area contributed by atoms with Crippen LogP contribution < -0.4 is 0 Å². The standard InChI is InChI=1S/C26H19IN2O3S/c27-21-16-33-25-20(15-19-13-7-8-14-28-19)24(30)29(25)22(21)26(31)32-23(17-9-3-1-4-10-17)18-11-5-2-6-12-18/h1-15,23,25H,16H2/b20-15-/t25-/m1/s1. The van der Waals surface area contributed by atoms with Gasteiger partial charge in [-0.25, -0.2) is 4.79 Å². The van der Waals surface area contributed by atoms with Crippen LogP contribution in [0.25, 0.3) is 6.08 Å². The molecule has 5 rings (SSSR count). The number of halogens is 1. The van der Waals surface area contributed by atoms with E-state index in [1.165, 1.54) is 0 Å². The molecular formula is C26H19IN2O3S. The van der Waals surface area contributed by atoms with E-state index in [-0.39, 0.29) is 11.3 Å². The van der Waals surface area contributed by atoms with Gasteiger partial charge in [-0.3, -0.25) is 14.7 Å². The third-order valence-electron chi connectivity index (χ3n) is 5.45. The maximum atomic E-state index is 13.4. The molecule has 5 nitrogen and oxygen atoms in total. The number of ether oxygens (including phenoxy) is 1. The lowest BCUT2D eigenvalue weighted by molar-refractivity contribution is -0.148. The number of hydrogen-bond donors (Lipinski definition) is 0. The Balaban J connectivity index is 1.43. The van der Waals surface area contributed by atoms with Crippen molar-refractivity contribution >= 4 is 52.3 Å². The highest BCUT2D eigenvalue weighted by molar-refractivity contribution is 14.1. The van der Waals surface area contributed by atoms with Gasteiger partial charge in [-0.05, 0) is 51.9 Å². The molecule has 33 heavy (non-hydrogen) atoms. The van der Waals surface area contributed by atoms with E-state index in [4.69, 9.17) is 4.74 Å². The summed E-state index contributed by atoms with van der Waals surface area (Å²) in [6, 6.07) is 24.9. The first-order valence-corrected chi connectivity index (χ1v) is 12.5. The maximum absolute atomic E-state index is 13.4. The minimum atomic E-state index is -0.565. The second-order valence-electron chi connectivity index (χ2n) is 7.55. The van der Waals surface area contributed by atoms with Crippen molar-refractivity contribution in [3.05, 3.63) is 117 Å². The van der Waals surface area contributed by atoms with Gasteiger partial charge in [0.2, 0.25) is 0 Å². The number of benzene rings is 2. The zero-order valence-corrected chi connectivity index (χ0v) is 20.4. The number of aromatic nitrogens is 1. The van der Waals surface area contributed by atoms with E-state index in [9.17, 15) is 9.59 Å². The molecule has 0 saturated carbocycles. The first kappa shape index (κ1) is 21.9. The topological polar surface area (TPSA) is 59.5 Å². The Labute approximate surface area is 209 Å². The Bertz CT molecular complexity index is 1210. The number of pyridine rings is 1. The molecule has 0 radical (unpaired) electrons. The number of carbonyl (C=O) groups excluding carboxylic acids is 2. The van der Waals surface area contributed by atoms with Crippen molar-refractivity contribution in [3.8, 4) is 0 Å². The SMILES string of the molecule is O=C(OC(c1ccccc1)c1ccccc1)C1=C(I)CS[C@@H]2/C(=C\c3ccccn3)C(=O)N12. The lowest BCUT2D eigenvalue weighted by Crippen LogP contribution is -2.56. The quantitative estimate of drug-likeness (QED) is 0.180. The molecule has 0 unspecified atom stereocenters. The summed E-state index contributed by atoms with van der Waals surface area (Å²) < 4.78 is 6.86. The Morgan fingerprint density at radius 1 is 1.03 bits per heavy atom. The molecule has 1 aromatic heterocycles. The second-order valence-corrected chi connectivity index (χ2v) is 9.92. The Morgan fingerprint density at radius 2 is 1.67 bits per heavy atom. The van der Waals surface area contributed by atoms with Crippen molar-refractivity contribution in [2.24, 2.45) is 0 Å². The summed E-state index contributed by atoms with van der Waals surface area (Å²) in [4.78, 5) is 32.3. The van der Waals surface area contributed by atoms with Crippen LogP contribution in [0.3, 0.4) is 0 Å². The van der Waals surface area contributed by atoms with E-state index in [0.717, 1.165) is 20.4 Å². The Hall–Kier alpha value is -2.91. The maximum Gasteiger partial charge on any atom is 0.356 e. The van der Waals surface area contributed by atoms with Gasteiger partial charge in [0.15, 0.2) is 6.10 Å². The van der Waals surface area contributed by atoms with Crippen LogP contribution in [-0.2, 0) is 14.3 Å². The van der Waals surface area contributed by atoms with Crippen molar-refractivity contribution in [3.63, 3.8) is 0 Å². The minimum Gasteiger partial charge on any atom is -0.448 e. The molecule has 7 heteroatoms. The molecule has 164 valence electrons. The van der Waals surface area contributed by atoms with Gasteiger partial charge in [0, 0.05) is 15.5 Å². The smallest absolute Gasteiger partial charge is 0.356 e. The third-order valence-corrected chi connectivity index (χ3v) is 8.09. The zero-order valence-electron chi connectivity index (χ0n) is 17.4. The van der Waals surface area contributed by atoms with E-state index in [1.807, 2.05) is 78.9 Å². The Morgan fingerprint density at radius 3 is 2.27 bits per heavy atom. The number of thioether (sulfide) groups is 1. The van der Waals surface area contributed by atoms with Gasteiger partial charge in [-0.15, -0.1) is 11.8 Å². The molecule has 0 bridgehead atoms. The van der Waals surface area contributed by atoms with Crippen molar-refractivity contribution in [1.29, 1.82) is 0 Å². The fraction of sp³-hybridized carbons (Fsp3) is 0.115. The van der Waals surface area contributed by atoms with E-state index in [0.29, 0.717) is 17.0 Å². The van der Waals surface area contributed by atoms with E-state index in [1.54, 1.807) is 28.9 Å². The van der Waals surface area contributed by atoms with Crippen molar-refractivity contribution in [2.75, 3.05) is 5.75 Å². The van der Waals surface area contributed by atoms with Crippen molar-refractivity contribution < 1.29 is 14.3 Å². The number of hydrogen-bond acceptors (Lipinski definition) is 5. The van der Waals surface area contributed by atoms with Crippen molar-refractivity contribution in [1.82, 2.24) is 9.88 Å². The Kier molecular flexibility index (Phi) is 6.32. The number of carbonyl (C=O) groups is 2. The fourth-order valence-electron chi connectivity index (χ4n) is 3.87. The molecule has 2 aliphatic rings. The molecule has 0 spiro atoms. The summed E-state index contributed by atoms with van der Waals surface area (Å²) in [7, 11) is 0. The van der Waals surface area contributed by atoms with Crippen LogP contribution in [0.4, 0.5) is 0 Å². The molecule has 1 fully saturated rings. The van der Waals surface area contributed by atoms with Crippen LogP contribution in [-0.4, -0.2) is 32.9 Å². The predicted molar refractivity (Wildman–Crippen MR) is 137 cm³/mol. The number of β-lactam (4-membered cyclic amide) rings is 1. The molecular weight excluding hydrogens is 547 g/mol. The van der Waals surface area contributed by atoms with Crippen molar-refractivity contribution in [2.45, 2.75) is 11.5 Å². The summed E-state index contributed by atoms with van der Waals surface area (Å²) in [5.74, 6) is -0.0389. The third kappa shape index (κ3) is 4.35. The highest BCUT2D eigenvalue weighted by Crippen LogP contribution is 2.46. The molecule has 1 atom stereocenters. The van der Waals surface area contributed by atoms with Gasteiger partial charge in [-0.1, -0.05) is 66.7 Å². The lowest BCUT2D eigenvalue weighted by atomic mass is 10.0. The average Bonchev–Trinajstić information content (AvgIpc) is 2.87. The minimum absolute atomic E-state index is 0.185. The molecule has 3 aromatic rings. The van der Waals surface area contributed by atoms with Gasteiger partial charge >= 0.3 is 5.97 Å². The first-order chi connectivity index (χ1) is 16.1. The van der Waals surface area contributed by atoms with Gasteiger partial charge in [0.05, 0.1) is 11.3 Å². The molecule has 0 N–H and O–H groups in total. The first-order valence-electron chi connectivity index (χ1n) is 10.4. The number of rotatable bonds is 5. The molecule has 1 amide bonds. The predicted octanol–water partition coefficient (Wildman–Crippen LogP) is 5.36. The summed E-state index contributed by atoms with van der Waals surface area (Å²) in [5, 5.41) is -0.215. The van der Waals surface area contributed by atoms with Crippen LogP contribution in [0.2, 0.25) is 0 Å². The summed E-state index contributed by atoms with van der Waals surface area (Å²) in [6.45, 7) is 0. The number of fused-ring (bicyclic) bond motifs is 1. The lowest BCUT2D eigenvalue weighted by Gasteiger charge is -2.45. The van der Waals surface area contributed by atoms with Gasteiger partial charge in [0.1, 0.15) is 11.1 Å². The molecule has 2 aliphatic heterocycles. The van der Waals surface area contributed by atoms with Gasteiger partial charge in [-0.2, -0.15) is 0 Å². The summed E-state index contributed by atoms with van der Waals surface area (Å²) in [6.07, 6.45) is 2.93. The normalized spacial score (nSPS) is 18.8. The second kappa shape index (κ2) is 9.52. The number of nitrogens with zero attached hydrogens (tertiary/aromatic N) is 2. The molecule has 2 aromatic carbocycles. The van der Waals surface area contributed by atoms with Gasteiger partial charge < -0.3 is 4.74 Å². The number of esters is 1. The number of amides is 1. The van der Waals surface area contributed by atoms with Crippen LogP contribution in [0.5, 0.6) is 0 Å². The van der Waals surface area contributed by atoms with Crippen LogP contribution >= 0.6 is 34.4 Å². The van der Waals surface area contributed by atoms with Crippen LogP contribution in [0.1, 0.15) is 22.9 Å². The van der Waals surface area contributed by atoms with E-state index < -0.39 is 12.1 Å². The highest BCUT2D eigenvalue weighted by Gasteiger charge is 2.50. The summed E-state index contributed by atoms with van der Waals surface area (Å²) in [5.41, 5.74) is 3.46. The molecule has 0 aliphatic carbocycles. The average molecular weight is 566 g/mol. The van der Waals surface area contributed by atoms with Gasteiger partial charge in [0.25, 0.3) is 5.91 Å². The molecule has 3 heterocycles. The zero-order chi connectivity index (χ0) is 22.8. The highest BCUT2D eigenvalue weighted by atomic mass is 127. The fourth-order valence-corrected chi connectivity index (χ4v) is 6.03.